The SMILES string of the molecule is OCCN1CCN(c2nc(N3CCOCC3)ncc2Oc2ccc(Cl)cc2)CC1. The summed E-state index contributed by atoms with van der Waals surface area (Å²) in [5.74, 6) is 2.81. The van der Waals surface area contributed by atoms with Gasteiger partial charge in [-0.2, -0.15) is 4.98 Å². The number of β-amino-alcohol motifs (C(OH)–C–C–N with tert-alkyl or cyclic N) is 1. The molecule has 0 atom stereocenters. The van der Waals surface area contributed by atoms with Gasteiger partial charge in [0.05, 0.1) is 26.0 Å². The van der Waals surface area contributed by atoms with Gasteiger partial charge >= 0.3 is 0 Å². The summed E-state index contributed by atoms with van der Waals surface area (Å²) in [7, 11) is 0. The van der Waals surface area contributed by atoms with Crippen LogP contribution in [0.4, 0.5) is 11.8 Å². The highest BCUT2D eigenvalue weighted by molar-refractivity contribution is 6.30. The second-order valence-electron chi connectivity index (χ2n) is 7.07. The zero-order chi connectivity index (χ0) is 20.1. The summed E-state index contributed by atoms with van der Waals surface area (Å²) in [6.07, 6.45) is 1.75. The summed E-state index contributed by atoms with van der Waals surface area (Å²) in [4.78, 5) is 16.0. The molecule has 2 fully saturated rings. The molecule has 0 radical (unpaired) electrons. The van der Waals surface area contributed by atoms with E-state index >= 15 is 0 Å². The number of aliphatic hydroxyl groups excluding tert-OH is 1. The van der Waals surface area contributed by atoms with Gasteiger partial charge in [-0.3, -0.25) is 4.90 Å². The van der Waals surface area contributed by atoms with Gasteiger partial charge in [-0.25, -0.2) is 4.98 Å². The first-order valence-corrected chi connectivity index (χ1v) is 10.3. The maximum absolute atomic E-state index is 9.19. The molecule has 1 aromatic carbocycles. The summed E-state index contributed by atoms with van der Waals surface area (Å²) in [6, 6.07) is 7.27. The molecule has 2 aliphatic heterocycles. The van der Waals surface area contributed by atoms with Gasteiger partial charge in [-0.05, 0) is 24.3 Å². The quantitative estimate of drug-likeness (QED) is 0.760. The van der Waals surface area contributed by atoms with Crippen LogP contribution in [0.2, 0.25) is 5.02 Å². The molecule has 1 aromatic heterocycles. The molecule has 0 bridgehead atoms. The Morgan fingerprint density at radius 2 is 1.72 bits per heavy atom. The Morgan fingerprint density at radius 1 is 1.00 bits per heavy atom. The highest BCUT2D eigenvalue weighted by atomic mass is 35.5. The second-order valence-corrected chi connectivity index (χ2v) is 7.50. The molecule has 2 aromatic rings. The molecule has 2 aliphatic rings. The highest BCUT2D eigenvalue weighted by Crippen LogP contribution is 2.32. The smallest absolute Gasteiger partial charge is 0.227 e. The summed E-state index contributed by atoms with van der Waals surface area (Å²) >= 11 is 5.99. The number of rotatable bonds is 6. The molecule has 8 nitrogen and oxygen atoms in total. The minimum atomic E-state index is 0.180. The van der Waals surface area contributed by atoms with Gasteiger partial charge in [0.25, 0.3) is 0 Å². The Kier molecular flexibility index (Phi) is 6.66. The van der Waals surface area contributed by atoms with Gasteiger partial charge in [-0.1, -0.05) is 11.6 Å². The van der Waals surface area contributed by atoms with Gasteiger partial charge in [0.1, 0.15) is 5.75 Å². The van der Waals surface area contributed by atoms with E-state index in [-0.39, 0.29) is 6.61 Å². The van der Waals surface area contributed by atoms with Crippen LogP contribution < -0.4 is 14.5 Å². The molecule has 0 unspecified atom stereocenters. The number of aliphatic hydroxyl groups is 1. The minimum absolute atomic E-state index is 0.180. The second kappa shape index (κ2) is 9.58. The van der Waals surface area contributed by atoms with Crippen LogP contribution in [0.15, 0.2) is 30.5 Å². The van der Waals surface area contributed by atoms with Crippen LogP contribution in [0, 0.1) is 0 Å². The molecule has 29 heavy (non-hydrogen) atoms. The molecule has 9 heteroatoms. The van der Waals surface area contributed by atoms with Gasteiger partial charge in [0.2, 0.25) is 5.95 Å². The predicted molar refractivity (Wildman–Crippen MR) is 112 cm³/mol. The molecule has 1 N–H and O–H groups in total. The fraction of sp³-hybridized carbons (Fsp3) is 0.500. The number of nitrogens with zero attached hydrogens (tertiary/aromatic N) is 5. The molecule has 3 heterocycles. The standard InChI is InChI=1S/C20H26ClN5O3/c21-16-1-3-17(4-2-16)29-18-15-22-20(26-10-13-28-14-11-26)23-19(18)25-7-5-24(6-8-25)9-12-27/h1-4,15,27H,5-14H2. The average molecular weight is 420 g/mol. The van der Waals surface area contributed by atoms with Crippen LogP contribution in [0.1, 0.15) is 0 Å². The lowest BCUT2D eigenvalue weighted by Crippen LogP contribution is -2.47. The van der Waals surface area contributed by atoms with E-state index < -0.39 is 0 Å². The molecule has 156 valence electrons. The van der Waals surface area contributed by atoms with Gasteiger partial charge in [0.15, 0.2) is 11.6 Å². The fourth-order valence-electron chi connectivity index (χ4n) is 3.52. The predicted octanol–water partition coefficient (Wildman–Crippen LogP) is 1.87. The van der Waals surface area contributed by atoms with Crippen molar-refractivity contribution in [1.82, 2.24) is 14.9 Å². The maximum atomic E-state index is 9.19. The number of benzene rings is 1. The number of ether oxygens (including phenoxy) is 2. The van der Waals surface area contributed by atoms with Gasteiger partial charge < -0.3 is 24.4 Å². The van der Waals surface area contributed by atoms with Crippen molar-refractivity contribution in [2.24, 2.45) is 0 Å². The van der Waals surface area contributed by atoms with Gasteiger partial charge in [0, 0.05) is 50.8 Å². The molecular weight excluding hydrogens is 394 g/mol. The number of hydrogen-bond donors (Lipinski definition) is 1. The van der Waals surface area contributed by atoms with E-state index in [0.29, 0.717) is 42.2 Å². The number of morpholine rings is 1. The first-order valence-electron chi connectivity index (χ1n) is 9.94. The Labute approximate surface area is 175 Å². The lowest BCUT2D eigenvalue weighted by Gasteiger charge is -2.36. The highest BCUT2D eigenvalue weighted by Gasteiger charge is 2.24. The van der Waals surface area contributed by atoms with E-state index in [2.05, 4.69) is 19.7 Å². The van der Waals surface area contributed by atoms with Crippen molar-refractivity contribution in [3.63, 3.8) is 0 Å². The molecular formula is C20H26ClN5O3. The van der Waals surface area contributed by atoms with Crippen LogP contribution >= 0.6 is 11.6 Å². The molecule has 2 saturated heterocycles. The van der Waals surface area contributed by atoms with Crippen LogP contribution in [0.3, 0.4) is 0 Å². The molecule has 0 amide bonds. The Morgan fingerprint density at radius 3 is 2.41 bits per heavy atom. The Balaban J connectivity index is 1.58. The Bertz CT molecular complexity index is 793. The number of aromatic nitrogens is 2. The van der Waals surface area contributed by atoms with Crippen LogP contribution in [-0.4, -0.2) is 85.6 Å². The third kappa shape index (κ3) is 5.08. The van der Waals surface area contributed by atoms with Crippen molar-refractivity contribution in [2.75, 3.05) is 75.4 Å². The molecule has 4 rings (SSSR count). The van der Waals surface area contributed by atoms with E-state index in [1.807, 2.05) is 12.1 Å². The van der Waals surface area contributed by atoms with Crippen molar-refractivity contribution < 1.29 is 14.6 Å². The number of halogens is 1. The summed E-state index contributed by atoms with van der Waals surface area (Å²) in [5, 5.41) is 9.85. The monoisotopic (exact) mass is 419 g/mol. The average Bonchev–Trinajstić information content (AvgIpc) is 2.77. The zero-order valence-electron chi connectivity index (χ0n) is 16.3. The van der Waals surface area contributed by atoms with Crippen molar-refractivity contribution in [3.8, 4) is 11.5 Å². The third-order valence-electron chi connectivity index (χ3n) is 5.15. The van der Waals surface area contributed by atoms with Crippen molar-refractivity contribution in [1.29, 1.82) is 0 Å². The lowest BCUT2D eigenvalue weighted by atomic mass is 10.3. The lowest BCUT2D eigenvalue weighted by molar-refractivity contribution is 0.122. The van der Waals surface area contributed by atoms with Crippen molar-refractivity contribution >= 4 is 23.4 Å². The summed E-state index contributed by atoms with van der Waals surface area (Å²) in [6.45, 7) is 7.18. The van der Waals surface area contributed by atoms with E-state index in [4.69, 9.17) is 26.1 Å². The van der Waals surface area contributed by atoms with Crippen molar-refractivity contribution in [3.05, 3.63) is 35.5 Å². The number of piperazine rings is 1. The van der Waals surface area contributed by atoms with Crippen LogP contribution in [-0.2, 0) is 4.74 Å². The van der Waals surface area contributed by atoms with E-state index in [1.165, 1.54) is 0 Å². The summed E-state index contributed by atoms with van der Waals surface area (Å²) < 4.78 is 11.6. The van der Waals surface area contributed by atoms with E-state index in [0.717, 1.165) is 45.1 Å². The van der Waals surface area contributed by atoms with Crippen LogP contribution in [0.25, 0.3) is 0 Å². The number of hydrogen-bond acceptors (Lipinski definition) is 8. The minimum Gasteiger partial charge on any atom is -0.452 e. The van der Waals surface area contributed by atoms with E-state index in [9.17, 15) is 5.11 Å². The third-order valence-corrected chi connectivity index (χ3v) is 5.40. The summed E-state index contributed by atoms with van der Waals surface area (Å²) in [5.41, 5.74) is 0. The maximum Gasteiger partial charge on any atom is 0.227 e. The van der Waals surface area contributed by atoms with E-state index in [1.54, 1.807) is 18.3 Å². The fourth-order valence-corrected chi connectivity index (χ4v) is 3.65. The topological polar surface area (TPSA) is 74.2 Å². The Hall–Kier alpha value is -2.13. The number of anilines is 2. The van der Waals surface area contributed by atoms with Crippen LogP contribution in [0.5, 0.6) is 11.5 Å². The normalized spacial score (nSPS) is 18.1. The first-order chi connectivity index (χ1) is 14.2. The van der Waals surface area contributed by atoms with Gasteiger partial charge in [-0.15, -0.1) is 0 Å². The molecule has 0 spiro atoms. The first kappa shape index (κ1) is 20.2. The molecule has 0 aliphatic carbocycles. The zero-order valence-corrected chi connectivity index (χ0v) is 17.1. The largest absolute Gasteiger partial charge is 0.452 e. The van der Waals surface area contributed by atoms with Crippen molar-refractivity contribution in [2.45, 2.75) is 0 Å². The molecule has 0 saturated carbocycles.